The number of carbonyl (C=O) groups is 1. The molecule has 1 unspecified atom stereocenters. The summed E-state index contributed by atoms with van der Waals surface area (Å²) >= 11 is 0. The van der Waals surface area contributed by atoms with Crippen LogP contribution < -0.4 is 5.32 Å². The first kappa shape index (κ1) is 12.3. The molecule has 1 rings (SSSR count). The fourth-order valence-corrected chi connectivity index (χ4v) is 2.56. The number of rotatable bonds is 1. The molecule has 0 aromatic rings. The molecule has 2 N–H and O–H groups in total. The Balaban J connectivity index is 2.92. The molecule has 1 atom stereocenters. The number of hydrogen-bond donors (Lipinski definition) is 2. The highest BCUT2D eigenvalue weighted by molar-refractivity contribution is 5.67. The minimum absolute atomic E-state index is 0.275. The number of hydrogen-bond acceptors (Lipinski definition) is 2. The van der Waals surface area contributed by atoms with Crippen LogP contribution in [0.4, 0.5) is 4.79 Å². The highest BCUT2D eigenvalue weighted by atomic mass is 16.4. The lowest BCUT2D eigenvalue weighted by Gasteiger charge is -2.49. The van der Waals surface area contributed by atoms with Crippen molar-refractivity contribution in [2.75, 3.05) is 13.1 Å². The van der Waals surface area contributed by atoms with Crippen LogP contribution >= 0.6 is 0 Å². The summed E-state index contributed by atoms with van der Waals surface area (Å²) in [7, 11) is 0. The molecule has 1 fully saturated rings. The molecule has 0 aromatic heterocycles. The summed E-state index contributed by atoms with van der Waals surface area (Å²) in [6.45, 7) is 9.60. The maximum atomic E-state index is 11.3. The van der Waals surface area contributed by atoms with Crippen molar-refractivity contribution < 1.29 is 9.90 Å². The van der Waals surface area contributed by atoms with Gasteiger partial charge in [-0.1, -0.05) is 0 Å². The number of carboxylic acid groups (broad SMARTS) is 1. The molecule has 4 heteroatoms. The van der Waals surface area contributed by atoms with Crippen molar-refractivity contribution in [1.29, 1.82) is 0 Å². The molecule has 0 aliphatic carbocycles. The number of amides is 1. The van der Waals surface area contributed by atoms with Gasteiger partial charge in [-0.15, -0.1) is 0 Å². The molecule has 1 aliphatic rings. The number of nitrogens with zero attached hydrogens (tertiary/aromatic N) is 1. The quantitative estimate of drug-likeness (QED) is 0.701. The van der Waals surface area contributed by atoms with Crippen molar-refractivity contribution in [3.8, 4) is 0 Å². The second-order valence-corrected chi connectivity index (χ2v) is 5.57. The largest absolute Gasteiger partial charge is 0.465 e. The molecule has 0 bridgehead atoms. The van der Waals surface area contributed by atoms with E-state index in [1.165, 1.54) is 0 Å². The Morgan fingerprint density at radius 3 is 2.40 bits per heavy atom. The monoisotopic (exact) mass is 214 g/mol. The molecule has 1 heterocycles. The van der Waals surface area contributed by atoms with Gasteiger partial charge in [-0.25, -0.2) is 4.79 Å². The minimum Gasteiger partial charge on any atom is -0.465 e. The van der Waals surface area contributed by atoms with Gasteiger partial charge in [-0.3, -0.25) is 4.90 Å². The SMILES string of the molecule is CC(C)(C)N(C(=O)O)C1(C)CCCNC1. The lowest BCUT2D eigenvalue weighted by atomic mass is 9.86. The Labute approximate surface area is 91.6 Å². The van der Waals surface area contributed by atoms with Crippen molar-refractivity contribution >= 4 is 6.09 Å². The van der Waals surface area contributed by atoms with Crippen LogP contribution in [-0.4, -0.2) is 40.3 Å². The van der Waals surface area contributed by atoms with Crippen molar-refractivity contribution in [3.05, 3.63) is 0 Å². The maximum absolute atomic E-state index is 11.3. The Kier molecular flexibility index (Phi) is 3.28. The van der Waals surface area contributed by atoms with E-state index in [1.807, 2.05) is 27.7 Å². The normalized spacial score (nSPS) is 27.5. The number of piperidine rings is 1. The molecule has 0 saturated carbocycles. The lowest BCUT2D eigenvalue weighted by molar-refractivity contribution is 0.0121. The molecule has 1 aliphatic heterocycles. The van der Waals surface area contributed by atoms with E-state index in [0.717, 1.165) is 25.9 Å². The zero-order valence-electron chi connectivity index (χ0n) is 10.1. The van der Waals surface area contributed by atoms with Crippen molar-refractivity contribution in [1.82, 2.24) is 10.2 Å². The highest BCUT2D eigenvalue weighted by Crippen LogP contribution is 2.30. The third kappa shape index (κ3) is 2.62. The zero-order chi connectivity index (χ0) is 11.7. The van der Waals surface area contributed by atoms with E-state index >= 15 is 0 Å². The molecular formula is C11H22N2O2. The molecule has 0 aromatic carbocycles. The Morgan fingerprint density at radius 1 is 1.47 bits per heavy atom. The Bertz CT molecular complexity index is 239. The van der Waals surface area contributed by atoms with Gasteiger partial charge in [0.05, 0.1) is 5.54 Å². The lowest BCUT2D eigenvalue weighted by Crippen LogP contribution is -2.63. The standard InChI is InChI=1S/C11H22N2O2/c1-10(2,3)13(9(14)15)11(4)6-5-7-12-8-11/h12H,5-8H2,1-4H3,(H,14,15). The smallest absolute Gasteiger partial charge is 0.408 e. The summed E-state index contributed by atoms with van der Waals surface area (Å²) in [5.74, 6) is 0. The van der Waals surface area contributed by atoms with Crippen molar-refractivity contribution in [2.45, 2.75) is 51.6 Å². The van der Waals surface area contributed by atoms with Crippen LogP contribution in [0.1, 0.15) is 40.5 Å². The van der Waals surface area contributed by atoms with E-state index in [2.05, 4.69) is 5.32 Å². The topological polar surface area (TPSA) is 52.6 Å². The molecule has 0 spiro atoms. The van der Waals surface area contributed by atoms with Crippen LogP contribution in [0.5, 0.6) is 0 Å². The summed E-state index contributed by atoms with van der Waals surface area (Å²) in [4.78, 5) is 12.9. The molecule has 15 heavy (non-hydrogen) atoms. The van der Waals surface area contributed by atoms with E-state index in [-0.39, 0.29) is 11.1 Å². The van der Waals surface area contributed by atoms with Crippen LogP contribution in [0.25, 0.3) is 0 Å². The van der Waals surface area contributed by atoms with Gasteiger partial charge in [0.2, 0.25) is 0 Å². The third-order valence-corrected chi connectivity index (χ3v) is 2.98. The van der Waals surface area contributed by atoms with Crippen molar-refractivity contribution in [3.63, 3.8) is 0 Å². The molecule has 1 saturated heterocycles. The van der Waals surface area contributed by atoms with Crippen molar-refractivity contribution in [2.24, 2.45) is 0 Å². The summed E-state index contributed by atoms with van der Waals surface area (Å²) in [6, 6.07) is 0. The van der Waals surface area contributed by atoms with Crippen LogP contribution in [0.3, 0.4) is 0 Å². The molecule has 0 radical (unpaired) electrons. The summed E-state index contributed by atoms with van der Waals surface area (Å²) in [5, 5.41) is 12.6. The average molecular weight is 214 g/mol. The van der Waals surface area contributed by atoms with Gasteiger partial charge >= 0.3 is 6.09 Å². The van der Waals surface area contributed by atoms with Gasteiger partial charge in [-0.2, -0.15) is 0 Å². The fraction of sp³-hybridized carbons (Fsp3) is 0.909. The highest BCUT2D eigenvalue weighted by Gasteiger charge is 2.42. The van der Waals surface area contributed by atoms with E-state index in [0.29, 0.717) is 0 Å². The van der Waals surface area contributed by atoms with Crippen LogP contribution in [0.15, 0.2) is 0 Å². The van der Waals surface area contributed by atoms with E-state index < -0.39 is 6.09 Å². The van der Waals surface area contributed by atoms with Gasteiger partial charge in [0, 0.05) is 12.1 Å². The molecule has 4 nitrogen and oxygen atoms in total. The van der Waals surface area contributed by atoms with E-state index in [4.69, 9.17) is 0 Å². The average Bonchev–Trinajstić information content (AvgIpc) is 2.00. The summed E-state index contributed by atoms with van der Waals surface area (Å²) in [6.07, 6.45) is 1.15. The maximum Gasteiger partial charge on any atom is 0.408 e. The Morgan fingerprint density at radius 2 is 2.07 bits per heavy atom. The van der Waals surface area contributed by atoms with Gasteiger partial charge in [-0.05, 0) is 47.1 Å². The van der Waals surface area contributed by atoms with Gasteiger partial charge < -0.3 is 10.4 Å². The first-order valence-corrected chi connectivity index (χ1v) is 5.51. The predicted octanol–water partition coefficient (Wildman–Crippen LogP) is 1.91. The first-order chi connectivity index (χ1) is 6.77. The van der Waals surface area contributed by atoms with Gasteiger partial charge in [0.1, 0.15) is 0 Å². The summed E-state index contributed by atoms with van der Waals surface area (Å²) in [5.41, 5.74) is -0.623. The van der Waals surface area contributed by atoms with Gasteiger partial charge in [0.25, 0.3) is 0 Å². The van der Waals surface area contributed by atoms with Crippen LogP contribution in [0, 0.1) is 0 Å². The van der Waals surface area contributed by atoms with Crippen LogP contribution in [-0.2, 0) is 0 Å². The second kappa shape index (κ2) is 4.00. The van der Waals surface area contributed by atoms with E-state index in [1.54, 1.807) is 4.90 Å². The Hall–Kier alpha value is -0.770. The van der Waals surface area contributed by atoms with Gasteiger partial charge in [0.15, 0.2) is 0 Å². The van der Waals surface area contributed by atoms with E-state index in [9.17, 15) is 9.90 Å². The number of nitrogens with one attached hydrogen (secondary N) is 1. The predicted molar refractivity (Wildman–Crippen MR) is 60.1 cm³/mol. The molecular weight excluding hydrogens is 192 g/mol. The molecule has 1 amide bonds. The minimum atomic E-state index is -0.825. The van der Waals surface area contributed by atoms with Crippen LogP contribution in [0.2, 0.25) is 0 Å². The second-order valence-electron chi connectivity index (χ2n) is 5.57. The third-order valence-electron chi connectivity index (χ3n) is 2.98. The molecule has 88 valence electrons. The summed E-state index contributed by atoms with van der Waals surface area (Å²) < 4.78 is 0. The first-order valence-electron chi connectivity index (χ1n) is 5.51. The fourth-order valence-electron chi connectivity index (χ4n) is 2.56. The zero-order valence-corrected chi connectivity index (χ0v) is 10.1.